The summed E-state index contributed by atoms with van der Waals surface area (Å²) < 4.78 is 0. The number of rotatable bonds is 3. The smallest absolute Gasteiger partial charge is 0.159 e. The van der Waals surface area contributed by atoms with Crippen LogP contribution in [0.25, 0.3) is 11.4 Å². The van der Waals surface area contributed by atoms with Crippen LogP contribution in [-0.4, -0.2) is 26.4 Å². The van der Waals surface area contributed by atoms with E-state index in [1.165, 1.54) is 5.56 Å². The Bertz CT molecular complexity index is 851. The van der Waals surface area contributed by atoms with Crippen LogP contribution in [0, 0.1) is 0 Å². The highest BCUT2D eigenvalue weighted by Gasteiger charge is 2.19. The van der Waals surface area contributed by atoms with E-state index in [4.69, 9.17) is 16.6 Å². The number of aromatic nitrogens is 3. The molecule has 0 spiro atoms. The molecule has 0 N–H and O–H groups in total. The van der Waals surface area contributed by atoms with Crippen LogP contribution < -0.4 is 0 Å². The summed E-state index contributed by atoms with van der Waals surface area (Å²) in [6, 6.07) is 12.1. The lowest BCUT2D eigenvalue weighted by molar-refractivity contribution is 0.243. The zero-order valence-electron chi connectivity index (χ0n) is 13.2. The normalized spacial score (nSPS) is 14.4. The maximum absolute atomic E-state index is 6.22. The highest BCUT2D eigenvalue weighted by molar-refractivity contribution is 6.31. The first-order valence-corrected chi connectivity index (χ1v) is 8.38. The third-order valence-corrected chi connectivity index (χ3v) is 4.64. The maximum atomic E-state index is 6.22. The van der Waals surface area contributed by atoms with Crippen LogP contribution in [0.2, 0.25) is 5.02 Å². The van der Waals surface area contributed by atoms with Crippen LogP contribution in [0.5, 0.6) is 0 Å². The summed E-state index contributed by atoms with van der Waals surface area (Å²) in [4.78, 5) is 15.7. The third-order valence-electron chi connectivity index (χ3n) is 4.30. The molecule has 1 aliphatic rings. The molecule has 3 heterocycles. The van der Waals surface area contributed by atoms with Gasteiger partial charge in [-0.15, -0.1) is 0 Å². The number of benzene rings is 1. The number of hydrogen-bond donors (Lipinski definition) is 0. The maximum Gasteiger partial charge on any atom is 0.159 e. The second kappa shape index (κ2) is 6.67. The van der Waals surface area contributed by atoms with Gasteiger partial charge in [0.25, 0.3) is 0 Å². The zero-order valence-corrected chi connectivity index (χ0v) is 13.9. The number of fused-ring (bicyclic) bond motifs is 1. The van der Waals surface area contributed by atoms with Gasteiger partial charge in [0, 0.05) is 55.8 Å². The molecule has 0 radical (unpaired) electrons. The first-order chi connectivity index (χ1) is 11.8. The van der Waals surface area contributed by atoms with Crippen LogP contribution in [-0.2, 0) is 19.5 Å². The Hall–Kier alpha value is -2.30. The lowest BCUT2D eigenvalue weighted by Crippen LogP contribution is -2.31. The van der Waals surface area contributed by atoms with Gasteiger partial charge in [-0.3, -0.25) is 9.88 Å². The summed E-state index contributed by atoms with van der Waals surface area (Å²) in [5.41, 5.74) is 4.52. The molecule has 120 valence electrons. The molecule has 24 heavy (non-hydrogen) atoms. The van der Waals surface area contributed by atoms with E-state index < -0.39 is 0 Å². The van der Waals surface area contributed by atoms with Gasteiger partial charge in [0.2, 0.25) is 0 Å². The summed E-state index contributed by atoms with van der Waals surface area (Å²) in [6.07, 6.45) is 6.38. The summed E-state index contributed by atoms with van der Waals surface area (Å²) in [7, 11) is 0. The van der Waals surface area contributed by atoms with E-state index in [1.807, 2.05) is 42.6 Å². The molecule has 3 aromatic rings. The van der Waals surface area contributed by atoms with E-state index in [1.54, 1.807) is 12.4 Å². The van der Waals surface area contributed by atoms with Crippen LogP contribution in [0.4, 0.5) is 0 Å². The lowest BCUT2D eigenvalue weighted by Gasteiger charge is -2.28. The highest BCUT2D eigenvalue weighted by Crippen LogP contribution is 2.23. The van der Waals surface area contributed by atoms with Gasteiger partial charge in [-0.2, -0.15) is 0 Å². The van der Waals surface area contributed by atoms with Gasteiger partial charge >= 0.3 is 0 Å². The zero-order chi connectivity index (χ0) is 16.4. The molecule has 0 aliphatic carbocycles. The third kappa shape index (κ3) is 3.16. The molecule has 2 aromatic heterocycles. The van der Waals surface area contributed by atoms with Gasteiger partial charge < -0.3 is 0 Å². The molecule has 1 aliphatic heterocycles. The molecule has 4 rings (SSSR count). The fourth-order valence-corrected chi connectivity index (χ4v) is 3.19. The van der Waals surface area contributed by atoms with E-state index in [2.05, 4.69) is 14.9 Å². The van der Waals surface area contributed by atoms with Gasteiger partial charge in [0.05, 0.1) is 10.7 Å². The van der Waals surface area contributed by atoms with E-state index >= 15 is 0 Å². The van der Waals surface area contributed by atoms with Crippen molar-refractivity contribution in [1.82, 2.24) is 19.9 Å². The summed E-state index contributed by atoms with van der Waals surface area (Å²) in [5.74, 6) is 0.806. The molecular formula is C19H17ClN4. The fourth-order valence-electron chi connectivity index (χ4n) is 3.01. The highest BCUT2D eigenvalue weighted by atomic mass is 35.5. The van der Waals surface area contributed by atoms with Crippen molar-refractivity contribution >= 4 is 11.6 Å². The number of pyridine rings is 1. The number of hydrogen-bond acceptors (Lipinski definition) is 4. The molecule has 0 unspecified atom stereocenters. The molecule has 0 fully saturated rings. The summed E-state index contributed by atoms with van der Waals surface area (Å²) in [6.45, 7) is 2.64. The number of halogens is 1. The van der Waals surface area contributed by atoms with Gasteiger partial charge in [-0.1, -0.05) is 41.9 Å². The molecule has 0 bridgehead atoms. The first-order valence-electron chi connectivity index (χ1n) is 8.00. The molecule has 0 atom stereocenters. The van der Waals surface area contributed by atoms with Crippen molar-refractivity contribution < 1.29 is 0 Å². The van der Waals surface area contributed by atoms with E-state index in [0.717, 1.165) is 53.7 Å². The van der Waals surface area contributed by atoms with Crippen molar-refractivity contribution in [2.75, 3.05) is 6.54 Å². The minimum absolute atomic E-state index is 0.721. The van der Waals surface area contributed by atoms with Gasteiger partial charge in [-0.05, 0) is 11.6 Å². The van der Waals surface area contributed by atoms with E-state index in [-0.39, 0.29) is 0 Å². The van der Waals surface area contributed by atoms with Gasteiger partial charge in [-0.25, -0.2) is 9.97 Å². The standard InChI is InChI=1S/C19H17ClN4/c20-17-11-21-8-6-15(17)12-24-9-7-18-16(13-24)10-22-19(23-18)14-4-2-1-3-5-14/h1-6,8,10-11H,7,9,12-13H2. The first kappa shape index (κ1) is 15.2. The lowest BCUT2D eigenvalue weighted by atomic mass is 10.1. The Kier molecular flexibility index (Phi) is 4.24. The van der Waals surface area contributed by atoms with Crippen molar-refractivity contribution in [1.29, 1.82) is 0 Å². The fraction of sp³-hybridized carbons (Fsp3) is 0.211. The molecule has 0 saturated carbocycles. The van der Waals surface area contributed by atoms with Gasteiger partial charge in [0.1, 0.15) is 0 Å². The van der Waals surface area contributed by atoms with Crippen molar-refractivity contribution in [3.8, 4) is 11.4 Å². The molecule has 5 heteroatoms. The summed E-state index contributed by atoms with van der Waals surface area (Å²) in [5, 5.41) is 0.721. The average Bonchev–Trinajstić information content (AvgIpc) is 2.64. The molecule has 0 saturated heterocycles. The van der Waals surface area contributed by atoms with Crippen molar-refractivity contribution in [2.45, 2.75) is 19.5 Å². The second-order valence-electron chi connectivity index (χ2n) is 5.96. The Morgan fingerprint density at radius 3 is 2.79 bits per heavy atom. The van der Waals surface area contributed by atoms with Crippen molar-refractivity contribution in [3.05, 3.63) is 76.8 Å². The number of nitrogens with zero attached hydrogens (tertiary/aromatic N) is 4. The quantitative estimate of drug-likeness (QED) is 0.730. The molecule has 1 aromatic carbocycles. The molecular weight excluding hydrogens is 320 g/mol. The minimum Gasteiger partial charge on any atom is -0.294 e. The van der Waals surface area contributed by atoms with E-state index in [9.17, 15) is 0 Å². The summed E-state index contributed by atoms with van der Waals surface area (Å²) >= 11 is 6.22. The van der Waals surface area contributed by atoms with Crippen LogP contribution >= 0.6 is 11.6 Å². The SMILES string of the molecule is Clc1cnccc1CN1CCc2nc(-c3ccccc3)ncc2C1. The average molecular weight is 337 g/mol. The largest absolute Gasteiger partial charge is 0.294 e. The van der Waals surface area contributed by atoms with Gasteiger partial charge in [0.15, 0.2) is 5.82 Å². The monoisotopic (exact) mass is 336 g/mol. The second-order valence-corrected chi connectivity index (χ2v) is 6.37. The van der Waals surface area contributed by atoms with Crippen LogP contribution in [0.15, 0.2) is 55.0 Å². The Morgan fingerprint density at radius 1 is 1.08 bits per heavy atom. The van der Waals surface area contributed by atoms with Crippen LogP contribution in [0.3, 0.4) is 0 Å². The predicted octanol–water partition coefficient (Wildman–Crippen LogP) is 3.75. The molecule has 0 amide bonds. The van der Waals surface area contributed by atoms with E-state index in [0.29, 0.717) is 0 Å². The van der Waals surface area contributed by atoms with Crippen molar-refractivity contribution in [3.63, 3.8) is 0 Å². The van der Waals surface area contributed by atoms with Crippen LogP contribution in [0.1, 0.15) is 16.8 Å². The minimum atomic E-state index is 0.721. The Morgan fingerprint density at radius 2 is 1.96 bits per heavy atom. The Labute approximate surface area is 146 Å². The topological polar surface area (TPSA) is 41.9 Å². The predicted molar refractivity (Wildman–Crippen MR) is 94.5 cm³/mol. The molecule has 4 nitrogen and oxygen atoms in total. The van der Waals surface area contributed by atoms with Crippen molar-refractivity contribution in [2.24, 2.45) is 0 Å². The Balaban J connectivity index is 1.53.